The van der Waals surface area contributed by atoms with Crippen molar-refractivity contribution in [3.63, 3.8) is 0 Å². The van der Waals surface area contributed by atoms with E-state index in [0.29, 0.717) is 6.04 Å². The molecule has 1 atom stereocenters. The van der Waals surface area contributed by atoms with Gasteiger partial charge in [-0.05, 0) is 37.1 Å². The average Bonchev–Trinajstić information content (AvgIpc) is 2.68. The van der Waals surface area contributed by atoms with Crippen LogP contribution in [0.5, 0.6) is 0 Å². The van der Waals surface area contributed by atoms with Crippen LogP contribution in [-0.2, 0) is 0 Å². The van der Waals surface area contributed by atoms with Crippen molar-refractivity contribution < 1.29 is 0 Å². The van der Waals surface area contributed by atoms with Gasteiger partial charge in [-0.25, -0.2) is 5.43 Å². The quantitative estimate of drug-likeness (QED) is 0.808. The molecule has 0 bridgehead atoms. The van der Waals surface area contributed by atoms with Gasteiger partial charge in [0.05, 0.1) is 23.6 Å². The number of para-hydroxylation sites is 1. The van der Waals surface area contributed by atoms with Crippen molar-refractivity contribution >= 4 is 11.4 Å². The van der Waals surface area contributed by atoms with E-state index >= 15 is 0 Å². The lowest BCUT2D eigenvalue weighted by molar-refractivity contribution is 0.634. The molecular formula is C14H15N3. The van der Waals surface area contributed by atoms with Gasteiger partial charge in [0.1, 0.15) is 0 Å². The molecule has 0 aliphatic carbocycles. The first kappa shape index (κ1) is 10.3. The summed E-state index contributed by atoms with van der Waals surface area (Å²) in [6.45, 7) is 4.23. The molecular weight excluding hydrogens is 210 g/mol. The van der Waals surface area contributed by atoms with Crippen LogP contribution in [0.1, 0.15) is 24.1 Å². The second-order valence-electron chi connectivity index (χ2n) is 4.47. The van der Waals surface area contributed by atoms with E-state index in [1.165, 1.54) is 16.8 Å². The van der Waals surface area contributed by atoms with Crippen LogP contribution in [0.2, 0.25) is 0 Å². The monoisotopic (exact) mass is 225 g/mol. The van der Waals surface area contributed by atoms with Gasteiger partial charge in [0.15, 0.2) is 0 Å². The molecule has 1 aliphatic rings. The molecule has 3 nitrogen and oxygen atoms in total. The van der Waals surface area contributed by atoms with Crippen molar-refractivity contribution in [3.8, 4) is 0 Å². The van der Waals surface area contributed by atoms with E-state index in [1.54, 1.807) is 0 Å². The number of nitrogens with one attached hydrogen (secondary N) is 1. The minimum absolute atomic E-state index is 0.340. The minimum atomic E-state index is 0.340. The van der Waals surface area contributed by atoms with Crippen LogP contribution in [0, 0.1) is 6.92 Å². The Labute approximate surface area is 101 Å². The van der Waals surface area contributed by atoms with Gasteiger partial charge in [-0.15, -0.1) is 0 Å². The van der Waals surface area contributed by atoms with Crippen LogP contribution in [-0.4, -0.2) is 4.98 Å². The fraction of sp³-hybridized carbons (Fsp3) is 0.214. The third-order valence-electron chi connectivity index (χ3n) is 3.09. The zero-order valence-electron chi connectivity index (χ0n) is 10.0. The summed E-state index contributed by atoms with van der Waals surface area (Å²) < 4.78 is 0. The number of pyridine rings is 1. The Morgan fingerprint density at radius 1 is 1.24 bits per heavy atom. The Morgan fingerprint density at radius 2 is 2.06 bits per heavy atom. The first-order valence-electron chi connectivity index (χ1n) is 5.82. The van der Waals surface area contributed by atoms with Gasteiger partial charge in [0.2, 0.25) is 0 Å². The highest BCUT2D eigenvalue weighted by Gasteiger charge is 2.25. The van der Waals surface area contributed by atoms with E-state index in [4.69, 9.17) is 0 Å². The standard InChI is InChI=1S/C14H15N3/c1-10-7-12(9-15-8-10)17-14-6-4-3-5-13(14)11(2)16-17/h3-9,11,16H,1-2H3. The first-order valence-corrected chi connectivity index (χ1v) is 5.82. The predicted octanol–water partition coefficient (Wildman–Crippen LogP) is 3.11. The predicted molar refractivity (Wildman–Crippen MR) is 69.1 cm³/mol. The topological polar surface area (TPSA) is 28.2 Å². The Morgan fingerprint density at radius 3 is 2.88 bits per heavy atom. The van der Waals surface area contributed by atoms with Crippen molar-refractivity contribution in [3.05, 3.63) is 53.9 Å². The van der Waals surface area contributed by atoms with Gasteiger partial charge in [0.25, 0.3) is 0 Å². The Kier molecular flexibility index (Phi) is 2.34. The lowest BCUT2D eigenvalue weighted by Gasteiger charge is -2.20. The fourth-order valence-corrected chi connectivity index (χ4v) is 2.26. The van der Waals surface area contributed by atoms with E-state index in [2.05, 4.69) is 59.6 Å². The highest BCUT2D eigenvalue weighted by atomic mass is 15.5. The molecule has 1 aromatic heterocycles. The molecule has 3 rings (SSSR count). The molecule has 0 radical (unpaired) electrons. The number of anilines is 2. The third-order valence-corrected chi connectivity index (χ3v) is 3.09. The molecule has 0 fully saturated rings. The second kappa shape index (κ2) is 3.86. The van der Waals surface area contributed by atoms with Crippen molar-refractivity contribution in [2.75, 3.05) is 5.01 Å². The average molecular weight is 225 g/mol. The summed E-state index contributed by atoms with van der Waals surface area (Å²) in [6, 6.07) is 10.9. The molecule has 0 amide bonds. The van der Waals surface area contributed by atoms with Crippen molar-refractivity contribution in [1.82, 2.24) is 10.4 Å². The highest BCUT2D eigenvalue weighted by molar-refractivity contribution is 5.68. The van der Waals surface area contributed by atoms with Crippen molar-refractivity contribution in [2.24, 2.45) is 0 Å². The number of aryl methyl sites for hydroxylation is 1. The number of hydrogen-bond donors (Lipinski definition) is 1. The summed E-state index contributed by atoms with van der Waals surface area (Å²) in [5.74, 6) is 0. The number of nitrogens with zero attached hydrogens (tertiary/aromatic N) is 2. The third kappa shape index (κ3) is 1.68. The van der Waals surface area contributed by atoms with Crippen molar-refractivity contribution in [1.29, 1.82) is 0 Å². The molecule has 17 heavy (non-hydrogen) atoms. The Bertz CT molecular complexity index is 551. The molecule has 3 heteroatoms. The SMILES string of the molecule is Cc1cncc(N2NC(C)c3ccccc32)c1. The van der Waals surface area contributed by atoms with Gasteiger partial charge < -0.3 is 0 Å². The van der Waals surface area contributed by atoms with E-state index in [-0.39, 0.29) is 0 Å². The maximum Gasteiger partial charge on any atom is 0.0764 e. The molecule has 0 saturated carbocycles. The number of benzene rings is 1. The lowest BCUT2D eigenvalue weighted by Crippen LogP contribution is -2.28. The molecule has 1 aromatic carbocycles. The first-order chi connectivity index (χ1) is 8.25. The van der Waals surface area contributed by atoms with Gasteiger partial charge >= 0.3 is 0 Å². The maximum atomic E-state index is 4.25. The zero-order valence-corrected chi connectivity index (χ0v) is 10.0. The largest absolute Gasteiger partial charge is 0.275 e. The van der Waals surface area contributed by atoms with E-state index < -0.39 is 0 Å². The summed E-state index contributed by atoms with van der Waals surface area (Å²) in [5, 5.41) is 2.11. The van der Waals surface area contributed by atoms with Crippen LogP contribution < -0.4 is 10.4 Å². The zero-order chi connectivity index (χ0) is 11.8. The Hall–Kier alpha value is -1.87. The molecule has 2 aromatic rings. The van der Waals surface area contributed by atoms with Crippen LogP contribution in [0.25, 0.3) is 0 Å². The van der Waals surface area contributed by atoms with E-state index in [9.17, 15) is 0 Å². The van der Waals surface area contributed by atoms with Crippen LogP contribution in [0.4, 0.5) is 11.4 Å². The van der Waals surface area contributed by atoms with E-state index in [0.717, 1.165) is 5.69 Å². The summed E-state index contributed by atoms with van der Waals surface area (Å²) >= 11 is 0. The highest BCUT2D eigenvalue weighted by Crippen LogP contribution is 2.36. The molecule has 0 spiro atoms. The van der Waals surface area contributed by atoms with Crippen LogP contribution in [0.15, 0.2) is 42.7 Å². The van der Waals surface area contributed by atoms with E-state index in [1.807, 2.05) is 12.4 Å². The fourth-order valence-electron chi connectivity index (χ4n) is 2.26. The summed E-state index contributed by atoms with van der Waals surface area (Å²) in [7, 11) is 0. The molecule has 1 aliphatic heterocycles. The molecule has 1 unspecified atom stereocenters. The normalized spacial score (nSPS) is 18.2. The number of aromatic nitrogens is 1. The van der Waals surface area contributed by atoms with Gasteiger partial charge in [-0.3, -0.25) is 9.99 Å². The van der Waals surface area contributed by atoms with Gasteiger partial charge in [-0.1, -0.05) is 18.2 Å². The van der Waals surface area contributed by atoms with Gasteiger partial charge in [-0.2, -0.15) is 0 Å². The van der Waals surface area contributed by atoms with Crippen molar-refractivity contribution in [2.45, 2.75) is 19.9 Å². The van der Waals surface area contributed by atoms with Gasteiger partial charge in [0, 0.05) is 6.20 Å². The Balaban J connectivity index is 2.07. The number of hydrogen-bond acceptors (Lipinski definition) is 3. The lowest BCUT2D eigenvalue weighted by atomic mass is 10.1. The number of rotatable bonds is 1. The summed E-state index contributed by atoms with van der Waals surface area (Å²) in [6.07, 6.45) is 3.75. The van der Waals surface area contributed by atoms with Crippen LogP contribution >= 0.6 is 0 Å². The molecule has 0 saturated heterocycles. The van der Waals surface area contributed by atoms with Crippen LogP contribution in [0.3, 0.4) is 0 Å². The number of hydrazine groups is 1. The second-order valence-corrected chi connectivity index (χ2v) is 4.47. The molecule has 2 heterocycles. The summed E-state index contributed by atoms with van der Waals surface area (Å²) in [4.78, 5) is 4.25. The number of fused-ring (bicyclic) bond motifs is 1. The molecule has 1 N–H and O–H groups in total. The molecule has 86 valence electrons. The smallest absolute Gasteiger partial charge is 0.0764 e. The summed E-state index contributed by atoms with van der Waals surface area (Å²) in [5.41, 5.74) is 8.25. The minimum Gasteiger partial charge on any atom is -0.275 e. The maximum absolute atomic E-state index is 4.25.